The summed E-state index contributed by atoms with van der Waals surface area (Å²) in [6.07, 6.45) is 3.66. The van der Waals surface area contributed by atoms with Crippen LogP contribution in [0.1, 0.15) is 45.8 Å². The number of aromatic nitrogens is 4. The van der Waals surface area contributed by atoms with Gasteiger partial charge in [-0.05, 0) is 94.4 Å². The van der Waals surface area contributed by atoms with Gasteiger partial charge in [-0.1, -0.05) is 6.07 Å². The third-order valence-corrected chi connectivity index (χ3v) is 6.35. The van der Waals surface area contributed by atoms with Gasteiger partial charge in [0.2, 0.25) is 0 Å². The quantitative estimate of drug-likeness (QED) is 0.315. The van der Waals surface area contributed by atoms with Gasteiger partial charge in [-0.2, -0.15) is 10.2 Å². The van der Waals surface area contributed by atoms with E-state index in [-0.39, 0.29) is 11.9 Å². The molecular weight excluding hydrogens is 452 g/mol. The number of benzene rings is 2. The summed E-state index contributed by atoms with van der Waals surface area (Å²) in [4.78, 5) is 15.4. The molecule has 4 aromatic rings. The third kappa shape index (κ3) is 5.66. The second kappa shape index (κ2) is 10.8. The summed E-state index contributed by atoms with van der Waals surface area (Å²) in [5.74, 6) is 0.555. The molecule has 188 valence electrons. The van der Waals surface area contributed by atoms with Gasteiger partial charge in [0, 0.05) is 34.6 Å². The molecule has 2 aromatic heterocycles. The summed E-state index contributed by atoms with van der Waals surface area (Å²) in [6, 6.07) is 11.8. The zero-order chi connectivity index (χ0) is 25.8. The molecule has 0 spiro atoms. The molecule has 0 unspecified atom stereocenters. The van der Waals surface area contributed by atoms with E-state index >= 15 is 0 Å². The number of hydrogen-bond acceptors (Lipinski definition) is 5. The molecule has 0 aliphatic rings. The summed E-state index contributed by atoms with van der Waals surface area (Å²) >= 11 is 0. The average Bonchev–Trinajstić information content (AvgIpc) is 3.47. The number of amides is 1. The van der Waals surface area contributed by atoms with Gasteiger partial charge >= 0.3 is 0 Å². The molecule has 1 atom stereocenters. The highest BCUT2D eigenvalue weighted by Gasteiger charge is 2.18. The van der Waals surface area contributed by atoms with Crippen molar-refractivity contribution in [2.75, 3.05) is 27.2 Å². The van der Waals surface area contributed by atoms with Crippen molar-refractivity contribution in [1.29, 1.82) is 0 Å². The van der Waals surface area contributed by atoms with Crippen molar-refractivity contribution < 1.29 is 9.53 Å². The van der Waals surface area contributed by atoms with Crippen LogP contribution in [0.3, 0.4) is 0 Å². The molecule has 1 amide bonds. The molecule has 8 nitrogen and oxygen atoms in total. The fraction of sp³-hybridized carbons (Fsp3) is 0.321. The standard InChI is InChI=1S/C28H34N6O2/c1-17-7-8-24(36-10-9-34(5)6)14-25(17)28(35)31-18(2)21-11-22(26-15-29-32-19(26)3)13-23(12-21)27-16-30-33-20(27)4/h7-8,11-16,18H,9-10H2,1-6H3,(H,29,32)(H,30,33)(H,31,35)/t18-/m1/s1. The molecule has 0 aliphatic carbocycles. The van der Waals surface area contributed by atoms with Crippen molar-refractivity contribution in [3.63, 3.8) is 0 Å². The van der Waals surface area contributed by atoms with Crippen molar-refractivity contribution in [2.45, 2.75) is 33.7 Å². The lowest BCUT2D eigenvalue weighted by Gasteiger charge is -2.18. The molecule has 36 heavy (non-hydrogen) atoms. The van der Waals surface area contributed by atoms with Gasteiger partial charge in [0.25, 0.3) is 5.91 Å². The van der Waals surface area contributed by atoms with Crippen molar-refractivity contribution in [3.05, 3.63) is 76.9 Å². The molecule has 2 aromatic carbocycles. The number of aromatic amines is 2. The Bertz CT molecular complexity index is 1300. The normalized spacial score (nSPS) is 12.1. The highest BCUT2D eigenvalue weighted by Crippen LogP contribution is 2.32. The number of nitrogens with zero attached hydrogens (tertiary/aromatic N) is 3. The minimum Gasteiger partial charge on any atom is -0.492 e. The van der Waals surface area contributed by atoms with Gasteiger partial charge in [-0.3, -0.25) is 15.0 Å². The van der Waals surface area contributed by atoms with Crippen LogP contribution < -0.4 is 10.1 Å². The van der Waals surface area contributed by atoms with E-state index in [1.54, 1.807) is 0 Å². The second-order valence-electron chi connectivity index (χ2n) is 9.48. The summed E-state index contributed by atoms with van der Waals surface area (Å²) < 4.78 is 5.85. The van der Waals surface area contributed by atoms with Crippen LogP contribution in [0.15, 0.2) is 48.8 Å². The Morgan fingerprint density at radius 1 is 0.972 bits per heavy atom. The van der Waals surface area contributed by atoms with Crippen molar-refractivity contribution in [1.82, 2.24) is 30.6 Å². The Morgan fingerprint density at radius 2 is 1.58 bits per heavy atom. The van der Waals surface area contributed by atoms with Gasteiger partial charge in [0.05, 0.1) is 18.4 Å². The van der Waals surface area contributed by atoms with E-state index in [0.717, 1.165) is 51.3 Å². The average molecular weight is 487 g/mol. The van der Waals surface area contributed by atoms with Crippen LogP contribution in [0.2, 0.25) is 0 Å². The van der Waals surface area contributed by atoms with Gasteiger partial charge in [0.1, 0.15) is 12.4 Å². The zero-order valence-corrected chi connectivity index (χ0v) is 21.8. The number of rotatable bonds is 9. The van der Waals surface area contributed by atoms with Crippen LogP contribution in [0, 0.1) is 20.8 Å². The largest absolute Gasteiger partial charge is 0.492 e. The fourth-order valence-electron chi connectivity index (χ4n) is 4.14. The van der Waals surface area contributed by atoms with Crippen LogP contribution in [0.4, 0.5) is 0 Å². The van der Waals surface area contributed by atoms with E-state index in [2.05, 4.69) is 48.8 Å². The first-order chi connectivity index (χ1) is 17.2. The van der Waals surface area contributed by atoms with Crippen molar-refractivity contribution >= 4 is 5.91 Å². The van der Waals surface area contributed by atoms with Crippen LogP contribution in [-0.2, 0) is 0 Å². The number of nitrogens with one attached hydrogen (secondary N) is 3. The van der Waals surface area contributed by atoms with E-state index < -0.39 is 0 Å². The topological polar surface area (TPSA) is 98.9 Å². The van der Waals surface area contributed by atoms with Crippen LogP contribution in [0.5, 0.6) is 5.75 Å². The predicted molar refractivity (Wildman–Crippen MR) is 142 cm³/mol. The first-order valence-corrected chi connectivity index (χ1v) is 12.1. The van der Waals surface area contributed by atoms with E-state index in [4.69, 9.17) is 4.74 Å². The fourth-order valence-corrected chi connectivity index (χ4v) is 4.14. The maximum Gasteiger partial charge on any atom is 0.252 e. The third-order valence-electron chi connectivity index (χ3n) is 6.35. The Kier molecular flexibility index (Phi) is 7.55. The summed E-state index contributed by atoms with van der Waals surface area (Å²) in [5, 5.41) is 17.6. The Hall–Kier alpha value is -3.91. The molecule has 0 bridgehead atoms. The molecule has 0 fully saturated rings. The van der Waals surface area contributed by atoms with Crippen molar-refractivity contribution in [2.24, 2.45) is 0 Å². The zero-order valence-electron chi connectivity index (χ0n) is 21.8. The maximum absolute atomic E-state index is 13.3. The Balaban J connectivity index is 1.61. The number of likely N-dealkylation sites (N-methyl/N-ethyl adjacent to an activating group) is 1. The first kappa shape index (κ1) is 25.2. The van der Waals surface area contributed by atoms with Crippen LogP contribution in [-0.4, -0.2) is 58.4 Å². The molecule has 0 saturated heterocycles. The second-order valence-corrected chi connectivity index (χ2v) is 9.48. The summed E-state index contributed by atoms with van der Waals surface area (Å²) in [5.41, 5.74) is 8.58. The first-order valence-electron chi connectivity index (χ1n) is 12.1. The molecule has 0 aliphatic heterocycles. The summed E-state index contributed by atoms with van der Waals surface area (Å²) in [7, 11) is 4.00. The lowest BCUT2D eigenvalue weighted by Crippen LogP contribution is -2.27. The van der Waals surface area contributed by atoms with Crippen molar-refractivity contribution in [3.8, 4) is 28.0 Å². The highest BCUT2D eigenvalue weighted by molar-refractivity contribution is 5.96. The molecule has 8 heteroatoms. The number of H-pyrrole nitrogens is 2. The Morgan fingerprint density at radius 3 is 2.11 bits per heavy atom. The maximum atomic E-state index is 13.3. The minimum atomic E-state index is -0.228. The Labute approximate surface area is 212 Å². The predicted octanol–water partition coefficient (Wildman–Crippen LogP) is 4.82. The number of aryl methyl sites for hydroxylation is 3. The lowest BCUT2D eigenvalue weighted by atomic mass is 9.94. The smallest absolute Gasteiger partial charge is 0.252 e. The van der Waals surface area contributed by atoms with E-state index in [0.29, 0.717) is 17.9 Å². The summed E-state index contributed by atoms with van der Waals surface area (Å²) in [6.45, 7) is 9.29. The SMILES string of the molecule is Cc1ccc(OCCN(C)C)cc1C(=O)N[C@H](C)c1cc(-c2cn[nH]c2C)cc(-c2cn[nH]c2C)c1. The van der Waals surface area contributed by atoms with E-state index in [1.807, 2.05) is 72.4 Å². The highest BCUT2D eigenvalue weighted by atomic mass is 16.5. The molecular formula is C28H34N6O2. The number of carbonyl (C=O) groups excluding carboxylic acids is 1. The van der Waals surface area contributed by atoms with Crippen LogP contribution in [0.25, 0.3) is 22.3 Å². The van der Waals surface area contributed by atoms with E-state index in [9.17, 15) is 4.79 Å². The minimum absolute atomic E-state index is 0.135. The molecule has 0 radical (unpaired) electrons. The number of hydrogen-bond donors (Lipinski definition) is 3. The van der Waals surface area contributed by atoms with Gasteiger partial charge in [-0.25, -0.2) is 0 Å². The monoisotopic (exact) mass is 486 g/mol. The molecule has 4 rings (SSSR count). The van der Waals surface area contributed by atoms with E-state index in [1.165, 1.54) is 0 Å². The molecule has 2 heterocycles. The lowest BCUT2D eigenvalue weighted by molar-refractivity contribution is 0.0938. The molecule has 0 saturated carbocycles. The number of ether oxygens (including phenoxy) is 1. The number of carbonyl (C=O) groups is 1. The van der Waals surface area contributed by atoms with Gasteiger partial charge in [0.15, 0.2) is 0 Å². The van der Waals surface area contributed by atoms with Crippen LogP contribution >= 0.6 is 0 Å². The molecule has 3 N–H and O–H groups in total. The van der Waals surface area contributed by atoms with Gasteiger partial charge < -0.3 is 15.0 Å². The van der Waals surface area contributed by atoms with Gasteiger partial charge in [-0.15, -0.1) is 0 Å².